The first-order valence-corrected chi connectivity index (χ1v) is 8.47. The molecule has 3 rings (SSSR count). The molecule has 3 aromatic rings. The molecule has 0 unspecified atom stereocenters. The van der Waals surface area contributed by atoms with Crippen LogP contribution in [0.5, 0.6) is 0 Å². The highest BCUT2D eigenvalue weighted by Gasteiger charge is 2.12. The number of benzene rings is 1. The van der Waals surface area contributed by atoms with Crippen LogP contribution < -0.4 is 5.32 Å². The molecule has 0 fully saturated rings. The molecule has 0 amide bonds. The van der Waals surface area contributed by atoms with Crippen molar-refractivity contribution in [3.8, 4) is 11.1 Å². The average molecular weight is 331 g/mol. The Labute approximate surface area is 138 Å². The lowest BCUT2D eigenvalue weighted by Gasteiger charge is -2.08. The van der Waals surface area contributed by atoms with E-state index in [2.05, 4.69) is 15.3 Å². The summed E-state index contributed by atoms with van der Waals surface area (Å²) in [5, 5.41) is 6.38. The van der Waals surface area contributed by atoms with Gasteiger partial charge in [0.1, 0.15) is 22.8 Å². The third-order valence-electron chi connectivity index (χ3n) is 3.49. The molecule has 23 heavy (non-hydrogen) atoms. The van der Waals surface area contributed by atoms with Gasteiger partial charge in [0.15, 0.2) is 0 Å². The molecule has 0 saturated heterocycles. The number of halogens is 1. The largest absolute Gasteiger partial charge is 0.382 e. The minimum atomic E-state index is -0.237. The highest BCUT2D eigenvalue weighted by atomic mass is 32.1. The summed E-state index contributed by atoms with van der Waals surface area (Å²) < 4.78 is 18.5. The molecule has 2 aromatic heterocycles. The van der Waals surface area contributed by atoms with Crippen LogP contribution in [-0.2, 0) is 4.74 Å². The highest BCUT2D eigenvalue weighted by Crippen LogP contribution is 2.36. The standard InChI is InChI=1S/C17H18FN3OS/c1-2-22-9-3-8-19-16-15-14(10-23-17(15)21-11-20-16)12-4-6-13(18)7-5-12/h4-7,10-11H,2-3,8-9H2,1H3,(H,19,20,21). The average Bonchev–Trinajstić information content (AvgIpc) is 3.00. The van der Waals surface area contributed by atoms with Crippen molar-refractivity contribution in [2.24, 2.45) is 0 Å². The molecule has 120 valence electrons. The van der Waals surface area contributed by atoms with Crippen molar-refractivity contribution in [3.05, 3.63) is 41.8 Å². The van der Waals surface area contributed by atoms with Gasteiger partial charge in [0, 0.05) is 30.7 Å². The van der Waals surface area contributed by atoms with Gasteiger partial charge < -0.3 is 10.1 Å². The summed E-state index contributed by atoms with van der Waals surface area (Å²) in [6, 6.07) is 6.50. The Morgan fingerprint density at radius 3 is 2.83 bits per heavy atom. The van der Waals surface area contributed by atoms with Crippen molar-refractivity contribution in [3.63, 3.8) is 0 Å². The molecule has 0 radical (unpaired) electrons. The van der Waals surface area contributed by atoms with Gasteiger partial charge in [0.05, 0.1) is 5.39 Å². The molecule has 1 aromatic carbocycles. The number of nitrogens with zero attached hydrogens (tertiary/aromatic N) is 2. The van der Waals surface area contributed by atoms with Crippen molar-refractivity contribution in [1.29, 1.82) is 0 Å². The van der Waals surface area contributed by atoms with E-state index in [1.54, 1.807) is 29.8 Å². The normalized spacial score (nSPS) is 11.0. The summed E-state index contributed by atoms with van der Waals surface area (Å²) in [6.45, 7) is 4.23. The van der Waals surface area contributed by atoms with E-state index in [0.717, 1.165) is 53.3 Å². The fourth-order valence-corrected chi connectivity index (χ4v) is 3.29. The molecule has 0 aliphatic heterocycles. The van der Waals surface area contributed by atoms with Crippen LogP contribution in [0.25, 0.3) is 21.3 Å². The monoisotopic (exact) mass is 331 g/mol. The predicted octanol–water partition coefficient (Wildman–Crippen LogP) is 4.34. The number of hydrogen-bond acceptors (Lipinski definition) is 5. The Balaban J connectivity index is 1.86. The van der Waals surface area contributed by atoms with E-state index in [4.69, 9.17) is 4.74 Å². The van der Waals surface area contributed by atoms with Gasteiger partial charge in [-0.25, -0.2) is 14.4 Å². The molecule has 2 heterocycles. The van der Waals surface area contributed by atoms with Gasteiger partial charge >= 0.3 is 0 Å². The number of anilines is 1. The van der Waals surface area contributed by atoms with Gasteiger partial charge in [-0.15, -0.1) is 11.3 Å². The Hall–Kier alpha value is -2.05. The van der Waals surface area contributed by atoms with Crippen LogP contribution >= 0.6 is 11.3 Å². The van der Waals surface area contributed by atoms with Crippen molar-refractivity contribution in [1.82, 2.24) is 9.97 Å². The molecule has 0 atom stereocenters. The zero-order valence-electron chi connectivity index (χ0n) is 12.9. The summed E-state index contributed by atoms with van der Waals surface area (Å²) in [5.74, 6) is 0.575. The maximum atomic E-state index is 13.1. The molecule has 0 aliphatic carbocycles. The third kappa shape index (κ3) is 3.65. The Morgan fingerprint density at radius 1 is 1.22 bits per heavy atom. The first kappa shape index (κ1) is 15.8. The second kappa shape index (κ2) is 7.48. The maximum absolute atomic E-state index is 13.1. The molecule has 0 bridgehead atoms. The quantitative estimate of drug-likeness (QED) is 0.654. The molecule has 0 saturated carbocycles. The zero-order valence-corrected chi connectivity index (χ0v) is 13.7. The van der Waals surface area contributed by atoms with Crippen LogP contribution in [-0.4, -0.2) is 29.7 Å². The predicted molar refractivity (Wildman–Crippen MR) is 92.4 cm³/mol. The Kier molecular flexibility index (Phi) is 5.15. The number of aromatic nitrogens is 2. The number of fused-ring (bicyclic) bond motifs is 1. The maximum Gasteiger partial charge on any atom is 0.138 e. The molecule has 4 nitrogen and oxygen atoms in total. The van der Waals surface area contributed by atoms with E-state index in [-0.39, 0.29) is 5.82 Å². The molecule has 1 N–H and O–H groups in total. The van der Waals surface area contributed by atoms with Crippen LogP contribution in [0.1, 0.15) is 13.3 Å². The van der Waals surface area contributed by atoms with E-state index in [1.165, 1.54) is 12.1 Å². The summed E-state index contributed by atoms with van der Waals surface area (Å²) in [6.07, 6.45) is 2.48. The van der Waals surface area contributed by atoms with E-state index in [0.29, 0.717) is 0 Å². The fraction of sp³-hybridized carbons (Fsp3) is 0.294. The lowest BCUT2D eigenvalue weighted by molar-refractivity contribution is 0.147. The van der Waals surface area contributed by atoms with Crippen molar-refractivity contribution < 1.29 is 9.13 Å². The van der Waals surface area contributed by atoms with Crippen LogP contribution in [0.4, 0.5) is 10.2 Å². The molecular weight excluding hydrogens is 313 g/mol. The number of nitrogens with one attached hydrogen (secondary N) is 1. The second-order valence-electron chi connectivity index (χ2n) is 5.04. The van der Waals surface area contributed by atoms with Gasteiger partial charge in [0.25, 0.3) is 0 Å². The summed E-state index contributed by atoms with van der Waals surface area (Å²) >= 11 is 1.56. The number of ether oxygens (including phenoxy) is 1. The summed E-state index contributed by atoms with van der Waals surface area (Å²) in [5.41, 5.74) is 1.99. The van der Waals surface area contributed by atoms with Crippen LogP contribution in [0, 0.1) is 5.82 Å². The van der Waals surface area contributed by atoms with Crippen molar-refractivity contribution in [2.45, 2.75) is 13.3 Å². The van der Waals surface area contributed by atoms with Crippen LogP contribution in [0.2, 0.25) is 0 Å². The second-order valence-corrected chi connectivity index (χ2v) is 5.89. The fourth-order valence-electron chi connectivity index (χ4n) is 2.38. The molecular formula is C17H18FN3OS. The number of hydrogen-bond donors (Lipinski definition) is 1. The lowest BCUT2D eigenvalue weighted by Crippen LogP contribution is -2.07. The zero-order chi connectivity index (χ0) is 16.1. The van der Waals surface area contributed by atoms with Gasteiger partial charge in [-0.3, -0.25) is 0 Å². The van der Waals surface area contributed by atoms with E-state index in [9.17, 15) is 4.39 Å². The van der Waals surface area contributed by atoms with Gasteiger partial charge in [-0.2, -0.15) is 0 Å². The summed E-state index contributed by atoms with van der Waals surface area (Å²) in [4.78, 5) is 9.62. The Morgan fingerprint density at radius 2 is 2.04 bits per heavy atom. The molecule has 6 heteroatoms. The van der Waals surface area contributed by atoms with Crippen molar-refractivity contribution in [2.75, 3.05) is 25.1 Å². The first-order chi connectivity index (χ1) is 11.3. The van der Waals surface area contributed by atoms with Gasteiger partial charge in [-0.1, -0.05) is 12.1 Å². The van der Waals surface area contributed by atoms with Crippen LogP contribution in [0.15, 0.2) is 36.0 Å². The molecule has 0 spiro atoms. The van der Waals surface area contributed by atoms with Crippen molar-refractivity contribution >= 4 is 27.4 Å². The third-order valence-corrected chi connectivity index (χ3v) is 4.37. The van der Waals surface area contributed by atoms with Gasteiger partial charge in [0.2, 0.25) is 0 Å². The smallest absolute Gasteiger partial charge is 0.138 e. The van der Waals surface area contributed by atoms with Crippen LogP contribution in [0.3, 0.4) is 0 Å². The minimum absolute atomic E-state index is 0.237. The highest BCUT2D eigenvalue weighted by molar-refractivity contribution is 7.17. The number of thiophene rings is 1. The van der Waals surface area contributed by atoms with E-state index < -0.39 is 0 Å². The summed E-state index contributed by atoms with van der Waals surface area (Å²) in [7, 11) is 0. The lowest BCUT2D eigenvalue weighted by atomic mass is 10.1. The number of rotatable bonds is 7. The Bertz CT molecular complexity index is 773. The van der Waals surface area contributed by atoms with E-state index >= 15 is 0 Å². The molecule has 0 aliphatic rings. The SMILES string of the molecule is CCOCCCNc1ncnc2scc(-c3ccc(F)cc3)c12. The first-order valence-electron chi connectivity index (χ1n) is 7.59. The van der Waals surface area contributed by atoms with Gasteiger partial charge in [-0.05, 0) is 31.0 Å². The van der Waals surface area contributed by atoms with E-state index in [1.807, 2.05) is 12.3 Å². The topological polar surface area (TPSA) is 47.0 Å². The minimum Gasteiger partial charge on any atom is -0.382 e.